The smallest absolute Gasteiger partial charge is 0.180 e. The minimum Gasteiger partial charge on any atom is -0.489 e. The first-order valence-corrected chi connectivity index (χ1v) is 8.92. The summed E-state index contributed by atoms with van der Waals surface area (Å²) in [7, 11) is 0. The Balaban J connectivity index is 1.43. The number of hydrogen-bond acceptors (Lipinski definition) is 6. The van der Waals surface area contributed by atoms with Crippen LogP contribution in [0.4, 0.5) is 11.5 Å². The summed E-state index contributed by atoms with van der Waals surface area (Å²) in [6.45, 7) is 1.90. The second-order valence-corrected chi connectivity index (χ2v) is 6.49. The van der Waals surface area contributed by atoms with Gasteiger partial charge in [0.15, 0.2) is 11.5 Å². The molecule has 1 fully saturated rings. The van der Waals surface area contributed by atoms with E-state index in [9.17, 15) is 0 Å². The van der Waals surface area contributed by atoms with Crippen molar-refractivity contribution in [1.82, 2.24) is 29.9 Å². The number of imidazole rings is 1. The van der Waals surface area contributed by atoms with Crippen LogP contribution in [-0.2, 0) is 0 Å². The molecule has 1 saturated heterocycles. The fourth-order valence-electron chi connectivity index (χ4n) is 3.32. The van der Waals surface area contributed by atoms with E-state index < -0.39 is 0 Å². The molecule has 1 aliphatic heterocycles. The maximum Gasteiger partial charge on any atom is 0.180 e. The normalized spacial score (nSPS) is 16.7. The van der Waals surface area contributed by atoms with Crippen LogP contribution in [0.5, 0.6) is 5.75 Å². The van der Waals surface area contributed by atoms with Gasteiger partial charge in [-0.25, -0.2) is 9.97 Å². The first-order chi connectivity index (χ1) is 13.4. The van der Waals surface area contributed by atoms with Gasteiger partial charge in [0.05, 0.1) is 18.1 Å². The van der Waals surface area contributed by atoms with Gasteiger partial charge in [0.25, 0.3) is 0 Å². The van der Waals surface area contributed by atoms with Gasteiger partial charge in [-0.1, -0.05) is 6.07 Å². The third-order valence-corrected chi connectivity index (χ3v) is 4.64. The molecule has 3 N–H and O–H groups in total. The number of anilines is 2. The predicted molar refractivity (Wildman–Crippen MR) is 102 cm³/mol. The van der Waals surface area contributed by atoms with Crippen LogP contribution in [0.15, 0.2) is 55.2 Å². The highest BCUT2D eigenvalue weighted by atomic mass is 16.5. The highest BCUT2D eigenvalue weighted by molar-refractivity contribution is 5.74. The Morgan fingerprint density at radius 1 is 1.22 bits per heavy atom. The summed E-state index contributed by atoms with van der Waals surface area (Å²) in [5, 5.41) is 13.5. The van der Waals surface area contributed by atoms with E-state index in [1.54, 1.807) is 12.4 Å². The number of aromatic nitrogens is 5. The number of fused-ring (bicyclic) bond motifs is 1. The van der Waals surface area contributed by atoms with Crippen LogP contribution in [0.1, 0.15) is 6.42 Å². The molecule has 8 nitrogen and oxygen atoms in total. The van der Waals surface area contributed by atoms with Crippen LogP contribution in [0.3, 0.4) is 0 Å². The third-order valence-electron chi connectivity index (χ3n) is 4.64. The molecule has 0 spiro atoms. The lowest BCUT2D eigenvalue weighted by Gasteiger charge is -2.14. The van der Waals surface area contributed by atoms with Gasteiger partial charge in [-0.3, -0.25) is 9.50 Å². The molecule has 0 saturated carbocycles. The van der Waals surface area contributed by atoms with Crippen molar-refractivity contribution < 1.29 is 4.74 Å². The standard InChI is InChI=1S/C19H19N7O/c1-2-14(8-15(3-1)27-16-4-5-20-11-16)25-18-19-22-12-17(13-9-23-24-10-13)26(19)7-6-21-18/h1-3,6-10,12,16,20H,4-5,11H2,(H,21,25)(H,23,24). The van der Waals surface area contributed by atoms with Crippen LogP contribution in [0.25, 0.3) is 16.9 Å². The van der Waals surface area contributed by atoms with Gasteiger partial charge in [0, 0.05) is 42.5 Å². The summed E-state index contributed by atoms with van der Waals surface area (Å²) in [5.74, 6) is 1.54. The summed E-state index contributed by atoms with van der Waals surface area (Å²) in [4.78, 5) is 8.99. The minimum atomic E-state index is 0.228. The first-order valence-electron chi connectivity index (χ1n) is 8.92. The van der Waals surface area contributed by atoms with E-state index in [1.807, 2.05) is 47.3 Å². The molecule has 27 heavy (non-hydrogen) atoms. The molecule has 4 aromatic rings. The number of ether oxygens (including phenoxy) is 1. The van der Waals surface area contributed by atoms with E-state index >= 15 is 0 Å². The lowest BCUT2D eigenvalue weighted by Crippen LogP contribution is -2.19. The van der Waals surface area contributed by atoms with E-state index in [0.29, 0.717) is 5.82 Å². The molecule has 0 amide bonds. The Labute approximate surface area is 155 Å². The number of nitrogens with zero attached hydrogens (tertiary/aromatic N) is 4. The molecule has 1 aromatic carbocycles. The van der Waals surface area contributed by atoms with Crippen molar-refractivity contribution in [3.63, 3.8) is 0 Å². The molecular formula is C19H19N7O. The Bertz CT molecular complexity index is 1050. The van der Waals surface area contributed by atoms with Gasteiger partial charge >= 0.3 is 0 Å². The fraction of sp³-hybridized carbons (Fsp3) is 0.211. The van der Waals surface area contributed by atoms with Crippen LogP contribution in [-0.4, -0.2) is 43.8 Å². The lowest BCUT2D eigenvalue weighted by molar-refractivity contribution is 0.223. The zero-order chi connectivity index (χ0) is 18.1. The van der Waals surface area contributed by atoms with Crippen molar-refractivity contribution in [2.24, 2.45) is 0 Å². The molecule has 0 aliphatic carbocycles. The molecule has 5 rings (SSSR count). The highest BCUT2D eigenvalue weighted by Crippen LogP contribution is 2.26. The monoisotopic (exact) mass is 361 g/mol. The van der Waals surface area contributed by atoms with Crippen molar-refractivity contribution in [1.29, 1.82) is 0 Å². The number of hydrogen-bond donors (Lipinski definition) is 3. The molecule has 0 bridgehead atoms. The lowest BCUT2D eigenvalue weighted by atomic mass is 10.2. The van der Waals surface area contributed by atoms with E-state index in [2.05, 4.69) is 30.8 Å². The highest BCUT2D eigenvalue weighted by Gasteiger charge is 2.16. The van der Waals surface area contributed by atoms with Crippen LogP contribution in [0.2, 0.25) is 0 Å². The topological polar surface area (TPSA) is 92.2 Å². The van der Waals surface area contributed by atoms with E-state index in [4.69, 9.17) is 4.74 Å². The Morgan fingerprint density at radius 2 is 2.22 bits per heavy atom. The predicted octanol–water partition coefficient (Wildman–Crippen LogP) is 2.60. The molecule has 4 heterocycles. The van der Waals surface area contributed by atoms with Gasteiger partial charge in [-0.15, -0.1) is 0 Å². The SMILES string of the molecule is c1cc(Nc2nccn3c(-c4cn[nH]c4)cnc23)cc(OC2CCNC2)c1. The van der Waals surface area contributed by atoms with Gasteiger partial charge in [0.1, 0.15) is 11.9 Å². The number of aromatic amines is 1. The van der Waals surface area contributed by atoms with E-state index in [0.717, 1.165) is 47.9 Å². The van der Waals surface area contributed by atoms with Gasteiger partial charge in [-0.2, -0.15) is 5.10 Å². The fourth-order valence-corrected chi connectivity index (χ4v) is 3.32. The number of nitrogens with one attached hydrogen (secondary N) is 3. The van der Waals surface area contributed by atoms with Crippen LogP contribution in [0, 0.1) is 0 Å². The number of H-pyrrole nitrogens is 1. The molecule has 3 aromatic heterocycles. The molecule has 1 aliphatic rings. The molecule has 8 heteroatoms. The average Bonchev–Trinajstić information content (AvgIpc) is 3.44. The van der Waals surface area contributed by atoms with Gasteiger partial charge in [-0.05, 0) is 25.1 Å². The largest absolute Gasteiger partial charge is 0.489 e. The maximum atomic E-state index is 6.04. The molecule has 1 unspecified atom stereocenters. The van der Waals surface area contributed by atoms with Crippen LogP contribution >= 0.6 is 0 Å². The number of rotatable bonds is 5. The Morgan fingerprint density at radius 3 is 3.07 bits per heavy atom. The molecular weight excluding hydrogens is 342 g/mol. The van der Waals surface area contributed by atoms with Crippen molar-refractivity contribution in [2.75, 3.05) is 18.4 Å². The van der Waals surface area contributed by atoms with Gasteiger partial charge in [0.2, 0.25) is 0 Å². The summed E-state index contributed by atoms with van der Waals surface area (Å²) < 4.78 is 8.03. The Kier molecular flexibility index (Phi) is 3.95. The first kappa shape index (κ1) is 15.8. The van der Waals surface area contributed by atoms with Crippen molar-refractivity contribution in [3.8, 4) is 17.0 Å². The van der Waals surface area contributed by atoms with Crippen LogP contribution < -0.4 is 15.4 Å². The van der Waals surface area contributed by atoms with Crippen molar-refractivity contribution in [2.45, 2.75) is 12.5 Å². The Hall–Kier alpha value is -3.39. The molecule has 1 atom stereocenters. The second-order valence-electron chi connectivity index (χ2n) is 6.49. The quantitative estimate of drug-likeness (QED) is 0.506. The maximum absolute atomic E-state index is 6.04. The van der Waals surface area contributed by atoms with Gasteiger partial charge < -0.3 is 15.4 Å². The molecule has 136 valence electrons. The summed E-state index contributed by atoms with van der Waals surface area (Å²) in [5.41, 5.74) is 3.59. The average molecular weight is 361 g/mol. The summed E-state index contributed by atoms with van der Waals surface area (Å²) >= 11 is 0. The van der Waals surface area contributed by atoms with E-state index in [-0.39, 0.29) is 6.10 Å². The summed E-state index contributed by atoms with van der Waals surface area (Å²) in [6.07, 6.45) is 10.3. The zero-order valence-corrected chi connectivity index (χ0v) is 14.6. The zero-order valence-electron chi connectivity index (χ0n) is 14.6. The summed E-state index contributed by atoms with van der Waals surface area (Å²) in [6, 6.07) is 7.93. The third kappa shape index (κ3) is 3.11. The van der Waals surface area contributed by atoms with Crippen molar-refractivity contribution >= 4 is 17.2 Å². The van der Waals surface area contributed by atoms with E-state index in [1.165, 1.54) is 0 Å². The second kappa shape index (κ2) is 6.73. The minimum absolute atomic E-state index is 0.228. The molecule has 0 radical (unpaired) electrons. The number of benzene rings is 1. The van der Waals surface area contributed by atoms with Crippen molar-refractivity contribution in [3.05, 3.63) is 55.2 Å².